The lowest BCUT2D eigenvalue weighted by Crippen LogP contribution is -2.47. The largest absolute Gasteiger partial charge is 0.354 e. The zero-order valence-electron chi connectivity index (χ0n) is 12.7. The molecule has 2 aromatic heterocycles. The number of nitriles is 1. The van der Waals surface area contributed by atoms with Gasteiger partial charge in [-0.2, -0.15) is 10.2 Å². The molecule has 0 amide bonds. The van der Waals surface area contributed by atoms with Gasteiger partial charge in [0.1, 0.15) is 11.9 Å². The van der Waals surface area contributed by atoms with Gasteiger partial charge < -0.3 is 9.42 Å². The molecule has 2 aromatic rings. The molecule has 0 radical (unpaired) electrons. The maximum atomic E-state index is 8.81. The molecule has 0 aliphatic carbocycles. The van der Waals surface area contributed by atoms with E-state index in [4.69, 9.17) is 9.78 Å². The minimum absolute atomic E-state index is 0.122. The van der Waals surface area contributed by atoms with Gasteiger partial charge in [-0.05, 0) is 26.0 Å². The second kappa shape index (κ2) is 6.12. The summed E-state index contributed by atoms with van der Waals surface area (Å²) in [6.07, 6.45) is 1.62. The number of aromatic nitrogens is 3. The van der Waals surface area contributed by atoms with Crippen LogP contribution in [0.1, 0.15) is 30.2 Å². The van der Waals surface area contributed by atoms with Crippen molar-refractivity contribution in [1.29, 1.82) is 5.26 Å². The zero-order valence-corrected chi connectivity index (χ0v) is 12.7. The highest BCUT2D eigenvalue weighted by atomic mass is 16.5. The highest BCUT2D eigenvalue weighted by molar-refractivity contribution is 5.42. The van der Waals surface area contributed by atoms with Gasteiger partial charge in [0.2, 0.25) is 5.89 Å². The number of aryl methyl sites for hydroxylation is 1. The number of rotatable bonds is 3. The molecule has 3 heterocycles. The van der Waals surface area contributed by atoms with Gasteiger partial charge in [-0.1, -0.05) is 5.16 Å². The number of anilines is 1. The lowest BCUT2D eigenvalue weighted by atomic mass is 10.2. The van der Waals surface area contributed by atoms with E-state index >= 15 is 0 Å². The quantitative estimate of drug-likeness (QED) is 0.849. The van der Waals surface area contributed by atoms with Gasteiger partial charge in [-0.15, -0.1) is 0 Å². The van der Waals surface area contributed by atoms with Crippen molar-refractivity contribution >= 4 is 5.82 Å². The fraction of sp³-hybridized carbons (Fsp3) is 0.467. The number of hydrogen-bond donors (Lipinski definition) is 0. The summed E-state index contributed by atoms with van der Waals surface area (Å²) >= 11 is 0. The monoisotopic (exact) mass is 298 g/mol. The predicted molar refractivity (Wildman–Crippen MR) is 80.2 cm³/mol. The van der Waals surface area contributed by atoms with Crippen LogP contribution < -0.4 is 4.90 Å². The standard InChI is InChI=1S/C15H18N6O/c1-11(15-18-12(2)19-22-15)20-5-7-21(8-6-20)14-4-3-13(9-16)10-17-14/h3-4,10-11H,5-8H2,1-2H3/t11-/m1/s1. The molecule has 0 unspecified atom stereocenters. The van der Waals surface area contributed by atoms with Crippen LogP contribution >= 0.6 is 0 Å². The summed E-state index contributed by atoms with van der Waals surface area (Å²) in [6.45, 7) is 7.50. The SMILES string of the molecule is Cc1noc([C@@H](C)N2CCN(c3ccc(C#N)cn3)CC2)n1. The van der Waals surface area contributed by atoms with Crippen molar-refractivity contribution < 1.29 is 4.52 Å². The number of pyridine rings is 1. The maximum absolute atomic E-state index is 8.81. The normalized spacial score (nSPS) is 17.2. The van der Waals surface area contributed by atoms with Crippen LogP contribution in [-0.4, -0.2) is 46.2 Å². The van der Waals surface area contributed by atoms with Crippen LogP contribution in [-0.2, 0) is 0 Å². The molecule has 3 rings (SSSR count). The Morgan fingerprint density at radius 1 is 1.27 bits per heavy atom. The molecule has 0 aromatic carbocycles. The van der Waals surface area contributed by atoms with Gasteiger partial charge in [-0.25, -0.2) is 4.98 Å². The average molecular weight is 298 g/mol. The van der Waals surface area contributed by atoms with Gasteiger partial charge in [0, 0.05) is 32.4 Å². The fourth-order valence-electron chi connectivity index (χ4n) is 2.62. The highest BCUT2D eigenvalue weighted by Crippen LogP contribution is 2.22. The zero-order chi connectivity index (χ0) is 15.5. The number of piperazine rings is 1. The van der Waals surface area contributed by atoms with Crippen molar-refractivity contribution in [3.05, 3.63) is 35.6 Å². The predicted octanol–water partition coefficient (Wildman–Crippen LogP) is 1.53. The molecule has 0 bridgehead atoms. The Labute approximate surface area is 129 Å². The van der Waals surface area contributed by atoms with Crippen LogP contribution in [0.15, 0.2) is 22.9 Å². The van der Waals surface area contributed by atoms with Gasteiger partial charge in [-0.3, -0.25) is 4.90 Å². The van der Waals surface area contributed by atoms with Gasteiger partial charge >= 0.3 is 0 Å². The minimum Gasteiger partial charge on any atom is -0.354 e. The molecular formula is C15H18N6O. The van der Waals surface area contributed by atoms with E-state index in [2.05, 4.69) is 37.9 Å². The summed E-state index contributed by atoms with van der Waals surface area (Å²) in [4.78, 5) is 13.2. The van der Waals surface area contributed by atoms with Crippen molar-refractivity contribution in [2.45, 2.75) is 19.9 Å². The summed E-state index contributed by atoms with van der Waals surface area (Å²) in [5.41, 5.74) is 0.586. The van der Waals surface area contributed by atoms with E-state index in [0.29, 0.717) is 17.3 Å². The van der Waals surface area contributed by atoms with Crippen molar-refractivity contribution in [2.24, 2.45) is 0 Å². The third-order valence-corrected chi connectivity index (χ3v) is 3.96. The van der Waals surface area contributed by atoms with Crippen LogP contribution in [0.25, 0.3) is 0 Å². The first-order valence-electron chi connectivity index (χ1n) is 7.33. The molecule has 0 saturated carbocycles. The van der Waals surface area contributed by atoms with Crippen LogP contribution in [0.4, 0.5) is 5.82 Å². The first-order chi connectivity index (χ1) is 10.7. The first-order valence-corrected chi connectivity index (χ1v) is 7.33. The van der Waals surface area contributed by atoms with Crippen LogP contribution in [0.5, 0.6) is 0 Å². The summed E-state index contributed by atoms with van der Waals surface area (Å²) in [5, 5.41) is 12.7. The van der Waals surface area contributed by atoms with Crippen molar-refractivity contribution in [3.8, 4) is 6.07 Å². The molecular weight excluding hydrogens is 280 g/mol. The minimum atomic E-state index is 0.122. The topological polar surface area (TPSA) is 82.1 Å². The summed E-state index contributed by atoms with van der Waals surface area (Å²) in [5.74, 6) is 2.25. The molecule has 0 spiro atoms. The van der Waals surface area contributed by atoms with E-state index in [1.165, 1.54) is 0 Å². The molecule has 1 atom stereocenters. The van der Waals surface area contributed by atoms with Crippen LogP contribution in [0, 0.1) is 18.3 Å². The lowest BCUT2D eigenvalue weighted by molar-refractivity contribution is 0.164. The van der Waals surface area contributed by atoms with Crippen molar-refractivity contribution in [2.75, 3.05) is 31.1 Å². The molecule has 22 heavy (non-hydrogen) atoms. The number of hydrogen-bond acceptors (Lipinski definition) is 7. The highest BCUT2D eigenvalue weighted by Gasteiger charge is 2.25. The molecule has 7 nitrogen and oxygen atoms in total. The van der Waals surface area contributed by atoms with Crippen LogP contribution in [0.3, 0.4) is 0 Å². The van der Waals surface area contributed by atoms with E-state index < -0.39 is 0 Å². The van der Waals surface area contributed by atoms with E-state index in [-0.39, 0.29) is 6.04 Å². The van der Waals surface area contributed by atoms with E-state index in [1.54, 1.807) is 12.3 Å². The second-order valence-corrected chi connectivity index (χ2v) is 5.40. The van der Waals surface area contributed by atoms with E-state index in [0.717, 1.165) is 32.0 Å². The van der Waals surface area contributed by atoms with E-state index in [1.807, 2.05) is 13.0 Å². The van der Waals surface area contributed by atoms with Crippen molar-refractivity contribution in [1.82, 2.24) is 20.0 Å². The Kier molecular flexibility index (Phi) is 4.02. The molecule has 1 fully saturated rings. The summed E-state index contributed by atoms with van der Waals surface area (Å²) in [7, 11) is 0. The molecule has 114 valence electrons. The number of nitrogens with zero attached hydrogens (tertiary/aromatic N) is 6. The third kappa shape index (κ3) is 2.92. The maximum Gasteiger partial charge on any atom is 0.243 e. The summed E-state index contributed by atoms with van der Waals surface area (Å²) < 4.78 is 5.26. The summed E-state index contributed by atoms with van der Waals surface area (Å²) in [6, 6.07) is 5.92. The molecule has 1 aliphatic heterocycles. The first kappa shape index (κ1) is 14.5. The second-order valence-electron chi connectivity index (χ2n) is 5.40. The van der Waals surface area contributed by atoms with Crippen molar-refractivity contribution in [3.63, 3.8) is 0 Å². The van der Waals surface area contributed by atoms with Gasteiger partial charge in [0.05, 0.1) is 11.6 Å². The Hall–Kier alpha value is -2.46. The fourth-order valence-corrected chi connectivity index (χ4v) is 2.62. The third-order valence-electron chi connectivity index (χ3n) is 3.96. The Balaban J connectivity index is 1.61. The van der Waals surface area contributed by atoms with E-state index in [9.17, 15) is 0 Å². The van der Waals surface area contributed by atoms with Crippen LogP contribution in [0.2, 0.25) is 0 Å². The molecule has 7 heteroatoms. The molecule has 0 N–H and O–H groups in total. The lowest BCUT2D eigenvalue weighted by Gasteiger charge is -2.37. The average Bonchev–Trinajstić information content (AvgIpc) is 3.01. The Morgan fingerprint density at radius 2 is 2.05 bits per heavy atom. The smallest absolute Gasteiger partial charge is 0.243 e. The molecule has 1 saturated heterocycles. The van der Waals surface area contributed by atoms with Gasteiger partial charge in [0.25, 0.3) is 0 Å². The Bertz CT molecular complexity index is 666. The van der Waals surface area contributed by atoms with Gasteiger partial charge in [0.15, 0.2) is 5.82 Å². The Morgan fingerprint density at radius 3 is 2.59 bits per heavy atom. The molecule has 1 aliphatic rings.